The molecule has 102 valence electrons. The molecular formula is C14H25N3O. The average molecular weight is 251 g/mol. The number of aromatic nitrogens is 1. The van der Waals surface area contributed by atoms with Gasteiger partial charge in [-0.2, -0.15) is 0 Å². The molecule has 1 heterocycles. The summed E-state index contributed by atoms with van der Waals surface area (Å²) in [6.07, 6.45) is 2.53. The second-order valence-electron chi connectivity index (χ2n) is 5.63. The van der Waals surface area contributed by atoms with Gasteiger partial charge in [-0.15, -0.1) is 0 Å². The van der Waals surface area contributed by atoms with Crippen LogP contribution in [0.3, 0.4) is 0 Å². The number of hydrogen-bond donors (Lipinski definition) is 1. The van der Waals surface area contributed by atoms with Crippen LogP contribution in [0.2, 0.25) is 0 Å². The van der Waals surface area contributed by atoms with E-state index in [4.69, 9.17) is 4.52 Å². The van der Waals surface area contributed by atoms with Gasteiger partial charge in [0.15, 0.2) is 5.76 Å². The minimum atomic E-state index is 0.806. The van der Waals surface area contributed by atoms with Crippen LogP contribution in [0.4, 0.5) is 0 Å². The van der Waals surface area contributed by atoms with Crippen LogP contribution in [-0.4, -0.2) is 30.2 Å². The highest BCUT2D eigenvalue weighted by molar-refractivity contribution is 5.05. The second-order valence-corrected chi connectivity index (χ2v) is 5.63. The maximum Gasteiger partial charge on any atom is 0.151 e. The van der Waals surface area contributed by atoms with Crippen molar-refractivity contribution in [3.05, 3.63) is 17.5 Å². The molecule has 0 radical (unpaired) electrons. The van der Waals surface area contributed by atoms with E-state index < -0.39 is 0 Å². The van der Waals surface area contributed by atoms with Crippen LogP contribution >= 0.6 is 0 Å². The van der Waals surface area contributed by atoms with Crippen molar-refractivity contribution in [1.29, 1.82) is 0 Å². The van der Waals surface area contributed by atoms with Gasteiger partial charge >= 0.3 is 0 Å². The average Bonchev–Trinajstić information content (AvgIpc) is 2.84. The van der Waals surface area contributed by atoms with Crippen molar-refractivity contribution in [2.45, 2.75) is 39.8 Å². The molecular weight excluding hydrogens is 226 g/mol. The second kappa shape index (κ2) is 6.34. The van der Waals surface area contributed by atoms with Gasteiger partial charge in [0.2, 0.25) is 0 Å². The molecule has 1 N–H and O–H groups in total. The van der Waals surface area contributed by atoms with Crippen molar-refractivity contribution < 1.29 is 4.52 Å². The molecule has 18 heavy (non-hydrogen) atoms. The summed E-state index contributed by atoms with van der Waals surface area (Å²) in [5.74, 6) is 2.78. The van der Waals surface area contributed by atoms with Crippen LogP contribution in [0, 0.1) is 11.8 Å². The first-order chi connectivity index (χ1) is 8.69. The van der Waals surface area contributed by atoms with E-state index in [0.29, 0.717) is 0 Å². The summed E-state index contributed by atoms with van der Waals surface area (Å²) in [5, 5.41) is 7.42. The van der Waals surface area contributed by atoms with Crippen molar-refractivity contribution >= 4 is 0 Å². The number of nitrogens with zero attached hydrogens (tertiary/aromatic N) is 2. The molecule has 0 bridgehead atoms. The summed E-state index contributed by atoms with van der Waals surface area (Å²) >= 11 is 0. The van der Waals surface area contributed by atoms with Gasteiger partial charge in [0, 0.05) is 19.2 Å². The molecule has 0 spiro atoms. The Morgan fingerprint density at radius 3 is 3.00 bits per heavy atom. The van der Waals surface area contributed by atoms with Crippen molar-refractivity contribution in [2.24, 2.45) is 11.8 Å². The SMILES string of the molecule is CCCNCc1cc(CN(C)CC2CC2C)on1. The van der Waals surface area contributed by atoms with Crippen LogP contribution in [-0.2, 0) is 13.1 Å². The van der Waals surface area contributed by atoms with Crippen LogP contribution in [0.1, 0.15) is 38.1 Å². The number of rotatable bonds is 8. The summed E-state index contributed by atoms with van der Waals surface area (Å²) in [5.41, 5.74) is 1.01. The molecule has 1 saturated carbocycles. The van der Waals surface area contributed by atoms with Crippen LogP contribution < -0.4 is 5.32 Å². The van der Waals surface area contributed by atoms with Crippen LogP contribution in [0.15, 0.2) is 10.6 Å². The Morgan fingerprint density at radius 1 is 1.56 bits per heavy atom. The smallest absolute Gasteiger partial charge is 0.151 e. The van der Waals surface area contributed by atoms with Crippen molar-refractivity contribution in [3.63, 3.8) is 0 Å². The van der Waals surface area contributed by atoms with E-state index in [9.17, 15) is 0 Å². The van der Waals surface area contributed by atoms with Gasteiger partial charge in [-0.05, 0) is 38.3 Å². The lowest BCUT2D eigenvalue weighted by Crippen LogP contribution is -2.20. The fraction of sp³-hybridized carbons (Fsp3) is 0.786. The topological polar surface area (TPSA) is 41.3 Å². The van der Waals surface area contributed by atoms with Crippen LogP contribution in [0.25, 0.3) is 0 Å². The minimum Gasteiger partial charge on any atom is -0.360 e. The highest BCUT2D eigenvalue weighted by atomic mass is 16.5. The molecule has 4 heteroatoms. The lowest BCUT2D eigenvalue weighted by Gasteiger charge is -2.13. The monoisotopic (exact) mass is 251 g/mol. The van der Waals surface area contributed by atoms with Gasteiger partial charge in [0.05, 0.1) is 12.2 Å². The van der Waals surface area contributed by atoms with Gasteiger partial charge < -0.3 is 9.84 Å². The van der Waals surface area contributed by atoms with E-state index >= 15 is 0 Å². The molecule has 0 amide bonds. The predicted octanol–water partition coefficient (Wildman–Crippen LogP) is 2.26. The third-order valence-electron chi connectivity index (χ3n) is 3.59. The normalized spacial score (nSPS) is 22.7. The van der Waals surface area contributed by atoms with E-state index in [1.807, 2.05) is 0 Å². The summed E-state index contributed by atoms with van der Waals surface area (Å²) in [4.78, 5) is 2.33. The molecule has 2 rings (SSSR count). The lowest BCUT2D eigenvalue weighted by atomic mass is 10.3. The summed E-state index contributed by atoms with van der Waals surface area (Å²) in [7, 11) is 2.16. The molecule has 1 fully saturated rings. The summed E-state index contributed by atoms with van der Waals surface area (Å²) < 4.78 is 5.36. The molecule has 1 aliphatic carbocycles. The fourth-order valence-electron chi connectivity index (χ4n) is 2.29. The Hall–Kier alpha value is -0.870. The standard InChI is InChI=1S/C14H25N3O/c1-4-5-15-8-13-7-14(18-16-13)10-17(3)9-12-6-11(12)2/h7,11-12,15H,4-6,8-10H2,1-3H3. The molecule has 2 unspecified atom stereocenters. The van der Waals surface area contributed by atoms with Crippen LogP contribution in [0.5, 0.6) is 0 Å². The molecule has 1 aromatic rings. The molecule has 0 aromatic carbocycles. The summed E-state index contributed by atoms with van der Waals surface area (Å²) in [6, 6.07) is 2.06. The van der Waals surface area contributed by atoms with Gasteiger partial charge in [0.1, 0.15) is 0 Å². The zero-order chi connectivity index (χ0) is 13.0. The lowest BCUT2D eigenvalue weighted by molar-refractivity contribution is 0.260. The first-order valence-corrected chi connectivity index (χ1v) is 7.02. The van der Waals surface area contributed by atoms with E-state index in [1.54, 1.807) is 0 Å². The predicted molar refractivity (Wildman–Crippen MR) is 72.1 cm³/mol. The zero-order valence-corrected chi connectivity index (χ0v) is 11.8. The van der Waals surface area contributed by atoms with Gasteiger partial charge in [0.25, 0.3) is 0 Å². The number of hydrogen-bond acceptors (Lipinski definition) is 4. The van der Waals surface area contributed by atoms with E-state index in [1.165, 1.54) is 13.0 Å². The van der Waals surface area contributed by atoms with Crippen molar-refractivity contribution in [2.75, 3.05) is 20.1 Å². The number of nitrogens with one attached hydrogen (secondary N) is 1. The van der Waals surface area contributed by atoms with Crippen molar-refractivity contribution in [1.82, 2.24) is 15.4 Å². The highest BCUT2D eigenvalue weighted by Gasteiger charge is 2.33. The van der Waals surface area contributed by atoms with Gasteiger partial charge in [-0.25, -0.2) is 0 Å². The molecule has 1 aromatic heterocycles. The maximum atomic E-state index is 5.36. The molecule has 4 nitrogen and oxygen atoms in total. The first-order valence-electron chi connectivity index (χ1n) is 7.02. The molecule has 0 saturated heterocycles. The van der Waals surface area contributed by atoms with E-state index in [2.05, 4.69) is 42.3 Å². The quantitative estimate of drug-likeness (QED) is 0.720. The Balaban J connectivity index is 1.71. The highest BCUT2D eigenvalue weighted by Crippen LogP contribution is 2.38. The Bertz CT molecular complexity index is 364. The molecule has 1 aliphatic rings. The van der Waals surface area contributed by atoms with E-state index in [-0.39, 0.29) is 0 Å². The third-order valence-corrected chi connectivity index (χ3v) is 3.59. The summed E-state index contributed by atoms with van der Waals surface area (Å²) in [6.45, 7) is 8.36. The molecule has 2 atom stereocenters. The minimum absolute atomic E-state index is 0.806. The zero-order valence-electron chi connectivity index (χ0n) is 11.8. The Labute approximate surface area is 110 Å². The van der Waals surface area contributed by atoms with Crippen molar-refractivity contribution in [3.8, 4) is 0 Å². The fourth-order valence-corrected chi connectivity index (χ4v) is 2.29. The first kappa shape index (κ1) is 13.6. The Morgan fingerprint density at radius 2 is 2.33 bits per heavy atom. The van der Waals surface area contributed by atoms with E-state index in [0.717, 1.165) is 49.3 Å². The molecule has 0 aliphatic heterocycles. The maximum absolute atomic E-state index is 5.36. The largest absolute Gasteiger partial charge is 0.360 e. The third kappa shape index (κ3) is 4.10. The van der Waals surface area contributed by atoms with Gasteiger partial charge in [-0.1, -0.05) is 19.0 Å². The Kier molecular flexibility index (Phi) is 4.78. The van der Waals surface area contributed by atoms with Gasteiger partial charge in [-0.3, -0.25) is 4.90 Å².